The number of nitrogens with zero attached hydrogens (tertiary/aromatic N) is 7. The number of nitrogen functional groups attached to an aromatic ring is 1. The van der Waals surface area contributed by atoms with Gasteiger partial charge in [0, 0.05) is 69.1 Å². The molecule has 0 amide bonds. The largest absolute Gasteiger partial charge is 0.378 e. The molecule has 35 heavy (non-hydrogen) atoms. The fraction of sp³-hybridized carbons (Fsp3) is 0.320. The monoisotopic (exact) mass is 469 g/mol. The average Bonchev–Trinajstić information content (AvgIpc) is 2.93. The van der Waals surface area contributed by atoms with Gasteiger partial charge in [-0.2, -0.15) is 0 Å². The van der Waals surface area contributed by atoms with E-state index in [1.807, 2.05) is 6.20 Å². The topological polar surface area (TPSA) is 118 Å². The van der Waals surface area contributed by atoms with Crippen LogP contribution in [0.4, 0.5) is 17.5 Å². The summed E-state index contributed by atoms with van der Waals surface area (Å²) in [6, 6.07) is 10.7. The van der Waals surface area contributed by atoms with Crippen molar-refractivity contribution in [3.8, 4) is 22.5 Å². The highest BCUT2D eigenvalue weighted by molar-refractivity contribution is 5.90. The molecule has 0 spiro atoms. The van der Waals surface area contributed by atoms with Crippen LogP contribution in [0.25, 0.3) is 33.5 Å². The molecule has 5 heterocycles. The summed E-state index contributed by atoms with van der Waals surface area (Å²) in [7, 11) is 0. The van der Waals surface area contributed by atoms with Crippen LogP contribution in [-0.4, -0.2) is 77.4 Å². The summed E-state index contributed by atoms with van der Waals surface area (Å²) < 4.78 is 5.55. The van der Waals surface area contributed by atoms with Gasteiger partial charge in [0.15, 0.2) is 11.6 Å². The molecular weight excluding hydrogens is 442 g/mol. The zero-order valence-electron chi connectivity index (χ0n) is 19.4. The van der Waals surface area contributed by atoms with Crippen molar-refractivity contribution in [3.05, 3.63) is 48.9 Å². The molecule has 0 atom stereocenters. The summed E-state index contributed by atoms with van der Waals surface area (Å²) in [5, 5.41) is 3.41. The van der Waals surface area contributed by atoms with Gasteiger partial charge in [-0.15, -0.1) is 0 Å². The highest BCUT2D eigenvalue weighted by atomic mass is 16.5. The zero-order valence-corrected chi connectivity index (χ0v) is 19.4. The first-order valence-corrected chi connectivity index (χ1v) is 11.9. The van der Waals surface area contributed by atoms with Crippen molar-refractivity contribution in [1.29, 1.82) is 0 Å². The lowest BCUT2D eigenvalue weighted by atomic mass is 10.1. The Morgan fingerprint density at radius 3 is 2.37 bits per heavy atom. The second-order valence-electron chi connectivity index (χ2n) is 8.68. The van der Waals surface area contributed by atoms with E-state index in [2.05, 4.69) is 55.4 Å². The maximum absolute atomic E-state index is 5.69. The number of nitrogens with two attached hydrogens (primary N) is 1. The molecule has 0 unspecified atom stereocenters. The van der Waals surface area contributed by atoms with E-state index >= 15 is 0 Å². The van der Waals surface area contributed by atoms with Crippen LogP contribution in [0.3, 0.4) is 0 Å². The fourth-order valence-corrected chi connectivity index (χ4v) is 4.54. The van der Waals surface area contributed by atoms with Crippen molar-refractivity contribution < 1.29 is 4.74 Å². The summed E-state index contributed by atoms with van der Waals surface area (Å²) in [6.45, 7) is 6.82. The quantitative estimate of drug-likeness (QED) is 0.459. The van der Waals surface area contributed by atoms with Gasteiger partial charge in [-0.25, -0.2) is 19.9 Å². The number of benzene rings is 1. The number of ether oxygens (including phenoxy) is 1. The molecule has 2 aliphatic heterocycles. The second-order valence-corrected chi connectivity index (χ2v) is 8.68. The van der Waals surface area contributed by atoms with Gasteiger partial charge in [0.1, 0.15) is 5.52 Å². The number of morpholine rings is 1. The Morgan fingerprint density at radius 1 is 0.800 bits per heavy atom. The molecule has 10 nitrogen and oxygen atoms in total. The van der Waals surface area contributed by atoms with Crippen LogP contribution >= 0.6 is 0 Å². The first-order valence-electron chi connectivity index (χ1n) is 11.9. The van der Waals surface area contributed by atoms with Crippen molar-refractivity contribution >= 4 is 28.5 Å². The van der Waals surface area contributed by atoms with Gasteiger partial charge in [0.2, 0.25) is 5.95 Å². The van der Waals surface area contributed by atoms with E-state index in [4.69, 9.17) is 25.4 Å². The number of anilines is 3. The van der Waals surface area contributed by atoms with Crippen molar-refractivity contribution in [2.75, 3.05) is 68.0 Å². The minimum atomic E-state index is 0.219. The molecule has 178 valence electrons. The summed E-state index contributed by atoms with van der Waals surface area (Å²) >= 11 is 0. The lowest BCUT2D eigenvalue weighted by molar-refractivity contribution is 0.122. The Labute approximate surface area is 203 Å². The Kier molecular flexibility index (Phi) is 5.81. The third-order valence-electron chi connectivity index (χ3n) is 6.42. The first-order chi connectivity index (χ1) is 17.2. The number of nitrogens with one attached hydrogen (secondary N) is 1. The van der Waals surface area contributed by atoms with E-state index < -0.39 is 0 Å². The highest BCUT2D eigenvalue weighted by Crippen LogP contribution is 2.31. The third-order valence-corrected chi connectivity index (χ3v) is 6.42. The van der Waals surface area contributed by atoms with Gasteiger partial charge in [0.25, 0.3) is 0 Å². The highest BCUT2D eigenvalue weighted by Gasteiger charge is 2.20. The van der Waals surface area contributed by atoms with Crippen LogP contribution in [0, 0.1) is 0 Å². The maximum atomic E-state index is 5.69. The van der Waals surface area contributed by atoms with Gasteiger partial charge in [0.05, 0.1) is 24.3 Å². The van der Waals surface area contributed by atoms with Crippen LogP contribution in [0.2, 0.25) is 0 Å². The predicted molar refractivity (Wildman–Crippen MR) is 136 cm³/mol. The minimum absolute atomic E-state index is 0.219. The van der Waals surface area contributed by atoms with E-state index in [1.54, 1.807) is 12.4 Å². The number of aromatic nitrogens is 5. The Bertz CT molecular complexity index is 1330. The first kappa shape index (κ1) is 21.6. The van der Waals surface area contributed by atoms with Crippen molar-refractivity contribution in [3.63, 3.8) is 0 Å². The molecule has 0 radical (unpaired) electrons. The number of hydrogen-bond donors (Lipinski definition) is 2. The number of fused-ring (bicyclic) bond motifs is 1. The van der Waals surface area contributed by atoms with E-state index in [0.717, 1.165) is 67.2 Å². The summed E-state index contributed by atoms with van der Waals surface area (Å²) in [4.78, 5) is 27.4. The molecule has 6 rings (SSSR count). The van der Waals surface area contributed by atoms with Gasteiger partial charge in [-0.05, 0) is 23.8 Å². The molecule has 2 fully saturated rings. The minimum Gasteiger partial charge on any atom is -0.378 e. The Balaban J connectivity index is 1.44. The average molecular weight is 470 g/mol. The van der Waals surface area contributed by atoms with Crippen LogP contribution in [0.1, 0.15) is 0 Å². The standard InChI is InChI=1S/C25H27N9O/c26-25-29-15-19(16-30-25)23-31-21-13-18(14-28-22(21)24(32-23)34-8-10-35-11-9-34)17-2-1-3-20(12-17)33-6-4-27-5-7-33/h1-3,12-16,27H,4-11H2,(H2,26,29,30). The molecule has 10 heteroatoms. The predicted octanol–water partition coefficient (Wildman–Crippen LogP) is 1.98. The van der Waals surface area contributed by atoms with E-state index in [9.17, 15) is 0 Å². The molecule has 2 saturated heterocycles. The van der Waals surface area contributed by atoms with Crippen molar-refractivity contribution in [1.82, 2.24) is 30.2 Å². The fourth-order valence-electron chi connectivity index (χ4n) is 4.54. The SMILES string of the molecule is Nc1ncc(-c2nc(N3CCOCC3)c3ncc(-c4cccc(N5CCNCC5)c4)cc3n2)cn1. The van der Waals surface area contributed by atoms with E-state index in [0.29, 0.717) is 24.6 Å². The van der Waals surface area contributed by atoms with Gasteiger partial charge >= 0.3 is 0 Å². The molecule has 1 aromatic carbocycles. The van der Waals surface area contributed by atoms with E-state index in [-0.39, 0.29) is 5.95 Å². The van der Waals surface area contributed by atoms with Gasteiger partial charge < -0.3 is 25.6 Å². The Morgan fingerprint density at radius 2 is 1.57 bits per heavy atom. The second kappa shape index (κ2) is 9.40. The molecule has 2 aliphatic rings. The van der Waals surface area contributed by atoms with Crippen molar-refractivity contribution in [2.45, 2.75) is 0 Å². The van der Waals surface area contributed by atoms with Crippen LogP contribution < -0.4 is 20.9 Å². The molecule has 0 saturated carbocycles. The van der Waals surface area contributed by atoms with Gasteiger partial charge in [-0.3, -0.25) is 4.98 Å². The Hall–Kier alpha value is -3.89. The summed E-state index contributed by atoms with van der Waals surface area (Å²) in [6.07, 6.45) is 5.22. The zero-order chi connectivity index (χ0) is 23.6. The van der Waals surface area contributed by atoms with Crippen molar-refractivity contribution in [2.24, 2.45) is 0 Å². The number of rotatable bonds is 4. The summed E-state index contributed by atoms with van der Waals surface area (Å²) in [5.74, 6) is 1.56. The summed E-state index contributed by atoms with van der Waals surface area (Å²) in [5.41, 5.74) is 11.3. The number of hydrogen-bond acceptors (Lipinski definition) is 10. The normalized spacial score (nSPS) is 16.6. The maximum Gasteiger partial charge on any atom is 0.219 e. The molecule has 4 aromatic rings. The lowest BCUT2D eigenvalue weighted by Crippen LogP contribution is -2.43. The molecule has 3 aromatic heterocycles. The van der Waals surface area contributed by atoms with Crippen LogP contribution in [-0.2, 0) is 4.74 Å². The van der Waals surface area contributed by atoms with Crippen LogP contribution in [0.5, 0.6) is 0 Å². The van der Waals surface area contributed by atoms with Gasteiger partial charge in [-0.1, -0.05) is 12.1 Å². The third kappa shape index (κ3) is 4.45. The lowest BCUT2D eigenvalue weighted by Gasteiger charge is -2.29. The molecule has 3 N–H and O–H groups in total. The molecule has 0 aliphatic carbocycles. The number of pyridine rings is 1. The molecular formula is C25H27N9O. The number of piperazine rings is 1. The van der Waals surface area contributed by atoms with E-state index in [1.165, 1.54) is 5.69 Å². The smallest absolute Gasteiger partial charge is 0.219 e. The van der Waals surface area contributed by atoms with Crippen LogP contribution in [0.15, 0.2) is 48.9 Å². The molecule has 0 bridgehead atoms.